The van der Waals surface area contributed by atoms with E-state index in [0.29, 0.717) is 16.9 Å². The van der Waals surface area contributed by atoms with Gasteiger partial charge in [0.25, 0.3) is 11.5 Å². The highest BCUT2D eigenvalue weighted by Gasteiger charge is 2.08. The Bertz CT molecular complexity index is 943. The second-order valence-electron chi connectivity index (χ2n) is 5.57. The second kappa shape index (κ2) is 6.58. The second-order valence-corrected chi connectivity index (χ2v) is 5.57. The van der Waals surface area contributed by atoms with Gasteiger partial charge in [0.2, 0.25) is 0 Å². The summed E-state index contributed by atoms with van der Waals surface area (Å²) in [6.45, 7) is 2.12. The zero-order valence-electron chi connectivity index (χ0n) is 13.6. The average Bonchev–Trinajstić information content (AvgIpc) is 2.60. The lowest BCUT2D eigenvalue weighted by molar-refractivity contribution is 0.0951. The van der Waals surface area contributed by atoms with Crippen LogP contribution in [0.2, 0.25) is 0 Å². The summed E-state index contributed by atoms with van der Waals surface area (Å²) in [4.78, 5) is 27.3. The topological polar surface area (TPSA) is 71.2 Å². The van der Waals surface area contributed by atoms with Crippen LogP contribution in [-0.4, -0.2) is 18.0 Å². The molecule has 0 spiro atoms. The van der Waals surface area contributed by atoms with Crippen LogP contribution in [0.15, 0.2) is 53.3 Å². The molecule has 0 aliphatic carbocycles. The third-order valence-corrected chi connectivity index (χ3v) is 3.96. The number of hydrogen-bond acceptors (Lipinski definition) is 3. The lowest BCUT2D eigenvalue weighted by Crippen LogP contribution is -2.26. The molecular weight excluding hydrogens is 304 g/mol. The maximum Gasteiger partial charge on any atom is 0.253 e. The van der Waals surface area contributed by atoms with Crippen LogP contribution in [0, 0.1) is 6.92 Å². The van der Waals surface area contributed by atoms with Crippen LogP contribution in [-0.2, 0) is 6.54 Å². The minimum absolute atomic E-state index is 0.171. The number of para-hydroxylation sites is 1. The maximum atomic E-state index is 12.2. The SMILES string of the molecule is COc1ccc(C(=O)NCc2cc3cccc(C)c3[nH]c2=O)cc1. The molecule has 0 fully saturated rings. The molecule has 24 heavy (non-hydrogen) atoms. The number of methoxy groups -OCH3 is 1. The summed E-state index contributed by atoms with van der Waals surface area (Å²) in [6.07, 6.45) is 0. The number of amides is 1. The summed E-state index contributed by atoms with van der Waals surface area (Å²) in [5.74, 6) is 0.453. The van der Waals surface area contributed by atoms with E-state index in [1.165, 1.54) is 0 Å². The number of aromatic amines is 1. The molecule has 1 aromatic heterocycles. The number of fused-ring (bicyclic) bond motifs is 1. The molecule has 0 saturated heterocycles. The van der Waals surface area contributed by atoms with Crippen LogP contribution < -0.4 is 15.6 Å². The third kappa shape index (κ3) is 3.15. The minimum atomic E-state index is -0.235. The number of hydrogen-bond donors (Lipinski definition) is 2. The molecule has 0 atom stereocenters. The van der Waals surface area contributed by atoms with Gasteiger partial charge in [0.05, 0.1) is 12.6 Å². The van der Waals surface area contributed by atoms with Gasteiger partial charge >= 0.3 is 0 Å². The first-order chi connectivity index (χ1) is 11.6. The maximum absolute atomic E-state index is 12.2. The number of H-pyrrole nitrogens is 1. The molecule has 2 aromatic carbocycles. The summed E-state index contributed by atoms with van der Waals surface area (Å²) < 4.78 is 5.07. The zero-order valence-corrected chi connectivity index (χ0v) is 13.6. The van der Waals surface area contributed by atoms with Gasteiger partial charge in [-0.15, -0.1) is 0 Å². The fourth-order valence-corrected chi connectivity index (χ4v) is 2.58. The first kappa shape index (κ1) is 15.8. The summed E-state index contributed by atoms with van der Waals surface area (Å²) in [7, 11) is 1.57. The van der Waals surface area contributed by atoms with E-state index < -0.39 is 0 Å². The summed E-state index contributed by atoms with van der Waals surface area (Å²) in [6, 6.07) is 14.5. The number of aromatic nitrogens is 1. The Balaban J connectivity index is 1.78. The summed E-state index contributed by atoms with van der Waals surface area (Å²) in [5.41, 5.74) is 2.69. The number of benzene rings is 2. The van der Waals surface area contributed by atoms with Crippen LogP contribution in [0.4, 0.5) is 0 Å². The normalized spacial score (nSPS) is 10.6. The Labute approximate surface area is 139 Å². The molecule has 0 bridgehead atoms. The number of pyridine rings is 1. The van der Waals surface area contributed by atoms with E-state index in [2.05, 4.69) is 10.3 Å². The predicted molar refractivity (Wildman–Crippen MR) is 93.5 cm³/mol. The van der Waals surface area contributed by atoms with Gasteiger partial charge in [0.15, 0.2) is 0 Å². The quantitative estimate of drug-likeness (QED) is 0.776. The van der Waals surface area contributed by atoms with Crippen LogP contribution in [0.1, 0.15) is 21.5 Å². The first-order valence-corrected chi connectivity index (χ1v) is 7.62. The number of nitrogens with one attached hydrogen (secondary N) is 2. The fraction of sp³-hybridized carbons (Fsp3) is 0.158. The highest BCUT2D eigenvalue weighted by atomic mass is 16.5. The van der Waals surface area contributed by atoms with Gasteiger partial charge in [-0.2, -0.15) is 0 Å². The number of ether oxygens (including phenoxy) is 1. The van der Waals surface area contributed by atoms with Gasteiger partial charge < -0.3 is 15.0 Å². The van der Waals surface area contributed by atoms with E-state index in [1.807, 2.05) is 31.2 Å². The molecule has 1 amide bonds. The number of rotatable bonds is 4. The van der Waals surface area contributed by atoms with Crippen molar-refractivity contribution in [1.29, 1.82) is 0 Å². The van der Waals surface area contributed by atoms with Crippen LogP contribution >= 0.6 is 0 Å². The molecule has 0 saturated carbocycles. The van der Waals surface area contributed by atoms with Gasteiger partial charge in [0.1, 0.15) is 5.75 Å². The van der Waals surface area contributed by atoms with Crippen molar-refractivity contribution in [2.75, 3.05) is 7.11 Å². The Kier molecular flexibility index (Phi) is 4.33. The van der Waals surface area contributed by atoms with Crippen LogP contribution in [0.25, 0.3) is 10.9 Å². The molecular formula is C19H18N2O3. The van der Waals surface area contributed by atoms with Gasteiger partial charge in [0, 0.05) is 17.7 Å². The smallest absolute Gasteiger partial charge is 0.253 e. The Hall–Kier alpha value is -3.08. The van der Waals surface area contributed by atoms with Crippen LogP contribution in [0.5, 0.6) is 5.75 Å². The molecule has 0 radical (unpaired) electrons. The number of aryl methyl sites for hydroxylation is 1. The van der Waals surface area contributed by atoms with Gasteiger partial charge in [-0.1, -0.05) is 18.2 Å². The Morgan fingerprint density at radius 3 is 2.62 bits per heavy atom. The largest absolute Gasteiger partial charge is 0.497 e. The fourth-order valence-electron chi connectivity index (χ4n) is 2.58. The Morgan fingerprint density at radius 2 is 1.92 bits per heavy atom. The van der Waals surface area contributed by atoms with Crippen molar-refractivity contribution in [3.63, 3.8) is 0 Å². The van der Waals surface area contributed by atoms with E-state index in [0.717, 1.165) is 16.5 Å². The average molecular weight is 322 g/mol. The van der Waals surface area contributed by atoms with E-state index in [-0.39, 0.29) is 18.0 Å². The van der Waals surface area contributed by atoms with Gasteiger partial charge in [-0.05, 0) is 48.2 Å². The Morgan fingerprint density at radius 1 is 1.17 bits per heavy atom. The van der Waals surface area contributed by atoms with Crippen molar-refractivity contribution >= 4 is 16.8 Å². The number of carbonyl (C=O) groups excluding carboxylic acids is 1. The molecule has 1 heterocycles. The molecule has 0 unspecified atom stereocenters. The summed E-state index contributed by atoms with van der Waals surface area (Å²) in [5, 5.41) is 3.72. The molecule has 0 aliphatic rings. The minimum Gasteiger partial charge on any atom is -0.497 e. The monoisotopic (exact) mass is 322 g/mol. The highest BCUT2D eigenvalue weighted by Crippen LogP contribution is 2.15. The number of carbonyl (C=O) groups is 1. The van der Waals surface area contributed by atoms with E-state index >= 15 is 0 Å². The molecule has 5 nitrogen and oxygen atoms in total. The standard InChI is InChI=1S/C19H18N2O3/c1-12-4-3-5-14-10-15(19(23)21-17(12)14)11-20-18(22)13-6-8-16(24-2)9-7-13/h3-10H,11H2,1-2H3,(H,20,22)(H,21,23). The highest BCUT2D eigenvalue weighted by molar-refractivity contribution is 5.94. The molecule has 122 valence electrons. The zero-order chi connectivity index (χ0) is 17.1. The van der Waals surface area contributed by atoms with Crippen molar-refractivity contribution in [3.8, 4) is 5.75 Å². The molecule has 2 N–H and O–H groups in total. The van der Waals surface area contributed by atoms with E-state index in [4.69, 9.17) is 4.74 Å². The van der Waals surface area contributed by atoms with E-state index in [1.54, 1.807) is 31.4 Å². The van der Waals surface area contributed by atoms with Crippen molar-refractivity contribution < 1.29 is 9.53 Å². The third-order valence-electron chi connectivity index (χ3n) is 3.96. The molecule has 3 rings (SSSR count). The van der Waals surface area contributed by atoms with Crippen molar-refractivity contribution in [2.45, 2.75) is 13.5 Å². The van der Waals surface area contributed by atoms with Gasteiger partial charge in [-0.3, -0.25) is 9.59 Å². The first-order valence-electron chi connectivity index (χ1n) is 7.62. The van der Waals surface area contributed by atoms with Crippen LogP contribution in [0.3, 0.4) is 0 Å². The van der Waals surface area contributed by atoms with Crippen molar-refractivity contribution in [3.05, 3.63) is 75.6 Å². The summed E-state index contributed by atoms with van der Waals surface area (Å²) >= 11 is 0. The molecule has 3 aromatic rings. The van der Waals surface area contributed by atoms with Crippen molar-refractivity contribution in [1.82, 2.24) is 10.3 Å². The van der Waals surface area contributed by atoms with Crippen molar-refractivity contribution in [2.24, 2.45) is 0 Å². The lowest BCUT2D eigenvalue weighted by Gasteiger charge is -2.08. The predicted octanol–water partition coefficient (Wildman–Crippen LogP) is 2.78. The van der Waals surface area contributed by atoms with Gasteiger partial charge in [-0.25, -0.2) is 0 Å². The molecule has 5 heteroatoms. The molecule has 0 aliphatic heterocycles. The van der Waals surface area contributed by atoms with E-state index in [9.17, 15) is 9.59 Å². The lowest BCUT2D eigenvalue weighted by atomic mass is 10.1.